The van der Waals surface area contributed by atoms with Gasteiger partial charge < -0.3 is 16.0 Å². The van der Waals surface area contributed by atoms with Gasteiger partial charge in [0.05, 0.1) is 0 Å². The number of rotatable bonds is 6. The fourth-order valence-electron chi connectivity index (χ4n) is 2.82. The van der Waals surface area contributed by atoms with Crippen LogP contribution in [0.1, 0.15) is 36.9 Å². The van der Waals surface area contributed by atoms with Crippen molar-refractivity contribution in [2.75, 3.05) is 13.2 Å². The number of amidine groups is 1. The summed E-state index contributed by atoms with van der Waals surface area (Å²) in [4.78, 5) is 6.59. The lowest BCUT2D eigenvalue weighted by Crippen LogP contribution is -2.30. The summed E-state index contributed by atoms with van der Waals surface area (Å²) in [5.74, 6) is 0.0479. The minimum Gasteiger partial charge on any atom is -0.409 e. The SMILES string of the molecule is NC(=NO)c1ncccc1CN1CCCC1CCCO. The molecular formula is C14H22N4O2. The summed E-state index contributed by atoms with van der Waals surface area (Å²) >= 11 is 0. The van der Waals surface area contributed by atoms with E-state index in [9.17, 15) is 0 Å². The summed E-state index contributed by atoms with van der Waals surface area (Å²) in [5, 5.41) is 20.8. The normalized spacial score (nSPS) is 20.4. The molecule has 20 heavy (non-hydrogen) atoms. The number of nitrogens with two attached hydrogens (primary N) is 1. The first-order valence-corrected chi connectivity index (χ1v) is 7.03. The van der Waals surface area contributed by atoms with Crippen molar-refractivity contribution in [1.29, 1.82) is 0 Å². The zero-order chi connectivity index (χ0) is 14.4. The predicted octanol–water partition coefficient (Wildman–Crippen LogP) is 0.913. The molecule has 2 rings (SSSR count). The molecule has 1 aromatic rings. The molecule has 0 spiro atoms. The fourth-order valence-corrected chi connectivity index (χ4v) is 2.82. The Morgan fingerprint density at radius 3 is 3.15 bits per heavy atom. The number of oxime groups is 1. The second-order valence-corrected chi connectivity index (χ2v) is 5.13. The van der Waals surface area contributed by atoms with Crippen molar-refractivity contribution in [3.05, 3.63) is 29.6 Å². The Hall–Kier alpha value is -1.66. The number of pyridine rings is 1. The molecule has 1 fully saturated rings. The number of aliphatic hydroxyl groups is 1. The minimum absolute atomic E-state index is 0.0479. The number of likely N-dealkylation sites (tertiary alicyclic amines) is 1. The van der Waals surface area contributed by atoms with Crippen LogP contribution in [0.4, 0.5) is 0 Å². The number of hydrogen-bond acceptors (Lipinski definition) is 5. The van der Waals surface area contributed by atoms with Gasteiger partial charge in [0.1, 0.15) is 5.69 Å². The highest BCUT2D eigenvalue weighted by Crippen LogP contribution is 2.24. The van der Waals surface area contributed by atoms with Crippen LogP contribution in [0.5, 0.6) is 0 Å². The van der Waals surface area contributed by atoms with E-state index in [0.717, 1.165) is 31.5 Å². The Bertz CT molecular complexity index is 464. The Morgan fingerprint density at radius 1 is 1.55 bits per heavy atom. The largest absolute Gasteiger partial charge is 0.409 e. The highest BCUT2D eigenvalue weighted by atomic mass is 16.4. The Morgan fingerprint density at radius 2 is 2.40 bits per heavy atom. The van der Waals surface area contributed by atoms with Gasteiger partial charge >= 0.3 is 0 Å². The summed E-state index contributed by atoms with van der Waals surface area (Å²) in [6, 6.07) is 4.33. The maximum Gasteiger partial charge on any atom is 0.189 e. The summed E-state index contributed by atoms with van der Waals surface area (Å²) in [6.45, 7) is 2.03. The van der Waals surface area contributed by atoms with Crippen LogP contribution in [0.25, 0.3) is 0 Å². The van der Waals surface area contributed by atoms with Crippen LogP contribution in [-0.4, -0.2) is 45.2 Å². The lowest BCUT2D eigenvalue weighted by molar-refractivity contribution is 0.210. The highest BCUT2D eigenvalue weighted by molar-refractivity contribution is 5.96. The van der Waals surface area contributed by atoms with E-state index in [2.05, 4.69) is 15.0 Å². The Balaban J connectivity index is 2.09. The number of aromatic nitrogens is 1. The van der Waals surface area contributed by atoms with Crippen LogP contribution >= 0.6 is 0 Å². The van der Waals surface area contributed by atoms with Gasteiger partial charge in [-0.25, -0.2) is 0 Å². The molecule has 1 saturated heterocycles. The van der Waals surface area contributed by atoms with E-state index < -0.39 is 0 Å². The van der Waals surface area contributed by atoms with Crippen LogP contribution in [-0.2, 0) is 6.54 Å². The first-order valence-electron chi connectivity index (χ1n) is 7.03. The standard InChI is InChI=1S/C14H22N4O2/c15-14(17-20)13-11(4-1-7-16-13)10-18-8-2-5-12(18)6-3-9-19/h1,4,7,12,19-20H,2-3,5-6,8-10H2,(H2,15,17). The van der Waals surface area contributed by atoms with Gasteiger partial charge in [0.2, 0.25) is 0 Å². The molecule has 1 aliphatic rings. The Kier molecular flexibility index (Phi) is 5.31. The van der Waals surface area contributed by atoms with E-state index in [-0.39, 0.29) is 12.4 Å². The van der Waals surface area contributed by atoms with Gasteiger partial charge in [-0.05, 0) is 43.9 Å². The molecule has 1 atom stereocenters. The van der Waals surface area contributed by atoms with Gasteiger partial charge in [0, 0.05) is 25.4 Å². The Labute approximate surface area is 118 Å². The van der Waals surface area contributed by atoms with Gasteiger partial charge in [-0.3, -0.25) is 9.88 Å². The zero-order valence-electron chi connectivity index (χ0n) is 11.6. The molecule has 4 N–H and O–H groups in total. The van der Waals surface area contributed by atoms with E-state index in [1.54, 1.807) is 6.20 Å². The second kappa shape index (κ2) is 7.21. The van der Waals surface area contributed by atoms with Crippen LogP contribution in [0.15, 0.2) is 23.5 Å². The van der Waals surface area contributed by atoms with Crippen molar-refractivity contribution in [3.8, 4) is 0 Å². The van der Waals surface area contributed by atoms with E-state index in [4.69, 9.17) is 16.0 Å². The molecule has 6 nitrogen and oxygen atoms in total. The quantitative estimate of drug-likeness (QED) is 0.311. The molecule has 1 unspecified atom stereocenters. The lowest BCUT2D eigenvalue weighted by atomic mass is 10.1. The third kappa shape index (κ3) is 3.46. The zero-order valence-corrected chi connectivity index (χ0v) is 11.6. The topological polar surface area (TPSA) is 95.0 Å². The maximum atomic E-state index is 8.96. The van der Waals surface area contributed by atoms with E-state index in [1.165, 1.54) is 12.8 Å². The van der Waals surface area contributed by atoms with Crippen LogP contribution in [0, 0.1) is 0 Å². The number of nitrogens with zero attached hydrogens (tertiary/aromatic N) is 3. The molecule has 6 heteroatoms. The molecule has 0 radical (unpaired) electrons. The fraction of sp³-hybridized carbons (Fsp3) is 0.571. The van der Waals surface area contributed by atoms with Gasteiger partial charge in [-0.15, -0.1) is 0 Å². The van der Waals surface area contributed by atoms with Crippen molar-refractivity contribution in [2.24, 2.45) is 10.9 Å². The first kappa shape index (κ1) is 14.7. The molecule has 110 valence electrons. The van der Waals surface area contributed by atoms with Crippen molar-refractivity contribution in [1.82, 2.24) is 9.88 Å². The maximum absolute atomic E-state index is 8.96. The van der Waals surface area contributed by atoms with Gasteiger partial charge in [0.25, 0.3) is 0 Å². The van der Waals surface area contributed by atoms with Crippen molar-refractivity contribution in [3.63, 3.8) is 0 Å². The van der Waals surface area contributed by atoms with Gasteiger partial charge in [-0.2, -0.15) is 0 Å². The first-order chi connectivity index (χ1) is 9.76. The highest BCUT2D eigenvalue weighted by Gasteiger charge is 2.25. The van der Waals surface area contributed by atoms with E-state index >= 15 is 0 Å². The number of hydrogen-bond donors (Lipinski definition) is 3. The van der Waals surface area contributed by atoms with Crippen LogP contribution < -0.4 is 5.73 Å². The predicted molar refractivity (Wildman–Crippen MR) is 76.5 cm³/mol. The summed E-state index contributed by atoms with van der Waals surface area (Å²) in [5.41, 5.74) is 7.19. The van der Waals surface area contributed by atoms with Crippen LogP contribution in [0.3, 0.4) is 0 Å². The number of aliphatic hydroxyl groups excluding tert-OH is 1. The molecular weight excluding hydrogens is 256 g/mol. The van der Waals surface area contributed by atoms with E-state index in [0.29, 0.717) is 11.7 Å². The third-order valence-electron chi connectivity index (χ3n) is 3.81. The summed E-state index contributed by atoms with van der Waals surface area (Å²) < 4.78 is 0. The van der Waals surface area contributed by atoms with Crippen molar-refractivity contribution < 1.29 is 10.3 Å². The molecule has 0 saturated carbocycles. The second-order valence-electron chi connectivity index (χ2n) is 5.13. The molecule has 1 aromatic heterocycles. The molecule has 1 aliphatic heterocycles. The summed E-state index contributed by atoms with van der Waals surface area (Å²) in [7, 11) is 0. The molecule has 0 aliphatic carbocycles. The van der Waals surface area contributed by atoms with Crippen molar-refractivity contribution in [2.45, 2.75) is 38.3 Å². The minimum atomic E-state index is 0.0479. The summed E-state index contributed by atoms with van der Waals surface area (Å²) in [6.07, 6.45) is 5.83. The van der Waals surface area contributed by atoms with Gasteiger partial charge in [0.15, 0.2) is 5.84 Å². The van der Waals surface area contributed by atoms with Crippen molar-refractivity contribution >= 4 is 5.84 Å². The molecule has 2 heterocycles. The third-order valence-corrected chi connectivity index (χ3v) is 3.81. The van der Waals surface area contributed by atoms with Gasteiger partial charge in [-0.1, -0.05) is 11.2 Å². The average molecular weight is 278 g/mol. The molecule has 0 amide bonds. The van der Waals surface area contributed by atoms with E-state index in [1.807, 2.05) is 12.1 Å². The average Bonchev–Trinajstić information content (AvgIpc) is 2.92. The van der Waals surface area contributed by atoms with Crippen LogP contribution in [0.2, 0.25) is 0 Å². The lowest BCUT2D eigenvalue weighted by Gasteiger charge is -2.25. The monoisotopic (exact) mass is 278 g/mol. The molecule has 0 aromatic carbocycles. The smallest absolute Gasteiger partial charge is 0.189 e. The molecule has 0 bridgehead atoms.